The summed E-state index contributed by atoms with van der Waals surface area (Å²) in [6.07, 6.45) is 9.35. The van der Waals surface area contributed by atoms with Crippen molar-refractivity contribution in [2.24, 2.45) is 11.1 Å². The standard InChI is InChI=1S/C26H25N3O/c1-2-17-30-29-24(19-13-14-19)25-22-15-16-26(18-23(22)27-28-25,20-9-5-3-6-10-20)21-11-7-4-8-12-21/h2-12,15-16,19H,1,13-14,17-18H2,(H,27,28). The molecule has 0 amide bonds. The van der Waals surface area contributed by atoms with Crippen LogP contribution in [-0.4, -0.2) is 22.5 Å². The SMILES string of the molecule is C=CCON=C(c1n[nH]c2c1C=CC(c1ccccc1)(c1ccccc1)C2)C1CC1. The van der Waals surface area contributed by atoms with Gasteiger partial charge in [-0.25, -0.2) is 0 Å². The molecule has 0 aliphatic heterocycles. The van der Waals surface area contributed by atoms with Gasteiger partial charge in [-0.2, -0.15) is 5.10 Å². The van der Waals surface area contributed by atoms with Gasteiger partial charge in [0.25, 0.3) is 0 Å². The number of oxime groups is 1. The van der Waals surface area contributed by atoms with Gasteiger partial charge < -0.3 is 4.84 Å². The van der Waals surface area contributed by atoms with Crippen molar-refractivity contribution in [2.45, 2.75) is 24.7 Å². The zero-order chi connectivity index (χ0) is 20.4. The van der Waals surface area contributed by atoms with Crippen molar-refractivity contribution in [3.63, 3.8) is 0 Å². The van der Waals surface area contributed by atoms with Crippen molar-refractivity contribution in [3.05, 3.63) is 107 Å². The first-order valence-corrected chi connectivity index (χ1v) is 10.5. The molecule has 0 saturated heterocycles. The van der Waals surface area contributed by atoms with Crippen LogP contribution < -0.4 is 0 Å². The van der Waals surface area contributed by atoms with E-state index in [9.17, 15) is 0 Å². The molecule has 2 aromatic carbocycles. The van der Waals surface area contributed by atoms with Crippen molar-refractivity contribution in [2.75, 3.05) is 6.61 Å². The second-order valence-electron chi connectivity index (χ2n) is 8.01. The first-order valence-electron chi connectivity index (χ1n) is 10.5. The first kappa shape index (κ1) is 18.6. The van der Waals surface area contributed by atoms with Gasteiger partial charge >= 0.3 is 0 Å². The number of H-pyrrole nitrogens is 1. The molecule has 0 unspecified atom stereocenters. The van der Waals surface area contributed by atoms with Crippen LogP contribution in [0, 0.1) is 5.92 Å². The molecule has 2 aliphatic carbocycles. The van der Waals surface area contributed by atoms with Gasteiger partial charge in [0.15, 0.2) is 0 Å². The number of aromatic nitrogens is 2. The summed E-state index contributed by atoms with van der Waals surface area (Å²) < 4.78 is 0. The van der Waals surface area contributed by atoms with Crippen LogP contribution in [0.1, 0.15) is 40.9 Å². The van der Waals surface area contributed by atoms with Crippen molar-refractivity contribution < 1.29 is 4.84 Å². The third-order valence-electron chi connectivity index (χ3n) is 6.01. The molecule has 2 aliphatic rings. The lowest BCUT2D eigenvalue weighted by molar-refractivity contribution is 0.174. The van der Waals surface area contributed by atoms with Crippen LogP contribution in [0.15, 0.2) is 84.6 Å². The summed E-state index contributed by atoms with van der Waals surface area (Å²) in [6.45, 7) is 4.10. The van der Waals surface area contributed by atoms with Gasteiger partial charge in [0.1, 0.15) is 18.0 Å². The number of allylic oxidation sites excluding steroid dienone is 1. The number of hydrogen-bond donors (Lipinski definition) is 1. The Bertz CT molecular complexity index is 1050. The number of nitrogens with one attached hydrogen (secondary N) is 1. The summed E-state index contributed by atoms with van der Waals surface area (Å²) in [5.74, 6) is 0.436. The van der Waals surface area contributed by atoms with Crippen LogP contribution in [0.3, 0.4) is 0 Å². The van der Waals surface area contributed by atoms with E-state index in [2.05, 4.69) is 94.7 Å². The molecule has 1 heterocycles. The first-order chi connectivity index (χ1) is 14.8. The summed E-state index contributed by atoms with van der Waals surface area (Å²) >= 11 is 0. The van der Waals surface area contributed by atoms with Crippen molar-refractivity contribution >= 4 is 11.8 Å². The minimum Gasteiger partial charge on any atom is -0.391 e. The maximum absolute atomic E-state index is 5.43. The number of hydrogen-bond acceptors (Lipinski definition) is 3. The predicted octanol–water partition coefficient (Wildman–Crippen LogP) is 5.28. The molecule has 1 N–H and O–H groups in total. The molecule has 0 atom stereocenters. The average Bonchev–Trinajstić information content (AvgIpc) is 3.57. The number of nitrogens with zero attached hydrogens (tertiary/aromatic N) is 2. The van der Waals surface area contributed by atoms with Crippen molar-refractivity contribution in [1.82, 2.24) is 10.2 Å². The average molecular weight is 396 g/mol. The van der Waals surface area contributed by atoms with E-state index >= 15 is 0 Å². The summed E-state index contributed by atoms with van der Waals surface area (Å²) in [4.78, 5) is 5.43. The highest BCUT2D eigenvalue weighted by atomic mass is 16.6. The largest absolute Gasteiger partial charge is 0.391 e. The summed E-state index contributed by atoms with van der Waals surface area (Å²) in [5, 5.41) is 12.4. The molecule has 5 rings (SSSR count). The van der Waals surface area contributed by atoms with Crippen LogP contribution in [0.2, 0.25) is 0 Å². The lowest BCUT2D eigenvalue weighted by Gasteiger charge is -2.34. The quantitative estimate of drug-likeness (QED) is 0.256. The molecule has 0 bridgehead atoms. The molecule has 30 heavy (non-hydrogen) atoms. The zero-order valence-corrected chi connectivity index (χ0v) is 16.9. The fourth-order valence-electron chi connectivity index (χ4n) is 4.32. The van der Waals surface area contributed by atoms with Crippen molar-refractivity contribution in [3.8, 4) is 0 Å². The molecular formula is C26H25N3O. The number of aromatic amines is 1. The monoisotopic (exact) mass is 395 g/mol. The van der Waals surface area contributed by atoms with Crippen LogP contribution >= 0.6 is 0 Å². The minimum absolute atomic E-state index is 0.227. The molecule has 0 radical (unpaired) electrons. The minimum atomic E-state index is -0.227. The van der Waals surface area contributed by atoms with E-state index in [1.54, 1.807) is 6.08 Å². The topological polar surface area (TPSA) is 50.3 Å². The number of fused-ring (bicyclic) bond motifs is 1. The van der Waals surface area contributed by atoms with E-state index in [4.69, 9.17) is 4.84 Å². The van der Waals surface area contributed by atoms with Crippen molar-refractivity contribution in [1.29, 1.82) is 0 Å². The van der Waals surface area contributed by atoms with Gasteiger partial charge in [-0.1, -0.05) is 90.6 Å². The van der Waals surface area contributed by atoms with Crippen LogP contribution in [-0.2, 0) is 16.7 Å². The zero-order valence-electron chi connectivity index (χ0n) is 16.9. The van der Waals surface area contributed by atoms with E-state index < -0.39 is 0 Å². The highest BCUT2D eigenvalue weighted by Crippen LogP contribution is 2.43. The highest BCUT2D eigenvalue weighted by molar-refractivity contribution is 6.04. The van der Waals surface area contributed by atoms with E-state index in [1.165, 1.54) is 11.1 Å². The lowest BCUT2D eigenvalue weighted by Crippen LogP contribution is -2.30. The third-order valence-corrected chi connectivity index (χ3v) is 6.01. The third kappa shape index (κ3) is 3.28. The second kappa shape index (κ2) is 7.79. The fraction of sp³-hybridized carbons (Fsp3) is 0.231. The van der Waals surface area contributed by atoms with Gasteiger partial charge in [-0.15, -0.1) is 0 Å². The van der Waals surface area contributed by atoms with Gasteiger partial charge in [0.2, 0.25) is 0 Å². The van der Waals surface area contributed by atoms with Crippen LogP contribution in [0.5, 0.6) is 0 Å². The van der Waals surface area contributed by atoms with Crippen LogP contribution in [0.4, 0.5) is 0 Å². The molecule has 1 aromatic heterocycles. The Morgan fingerprint density at radius 3 is 2.37 bits per heavy atom. The van der Waals surface area contributed by atoms with Gasteiger partial charge in [0.05, 0.1) is 0 Å². The maximum atomic E-state index is 5.43. The number of rotatable bonds is 7. The Morgan fingerprint density at radius 2 is 1.77 bits per heavy atom. The summed E-state index contributed by atoms with van der Waals surface area (Å²) in [6, 6.07) is 21.4. The van der Waals surface area contributed by atoms with E-state index in [-0.39, 0.29) is 5.41 Å². The fourth-order valence-corrected chi connectivity index (χ4v) is 4.32. The van der Waals surface area contributed by atoms with Gasteiger partial charge in [-0.05, 0) is 24.0 Å². The molecular weight excluding hydrogens is 370 g/mol. The summed E-state index contributed by atoms with van der Waals surface area (Å²) in [5.41, 5.74) is 6.46. The molecule has 4 nitrogen and oxygen atoms in total. The Kier molecular flexibility index (Phi) is 4.83. The molecule has 1 saturated carbocycles. The van der Waals surface area contributed by atoms with Gasteiger partial charge in [-0.3, -0.25) is 5.10 Å². The number of benzene rings is 2. The van der Waals surface area contributed by atoms with Gasteiger partial charge in [0, 0.05) is 29.0 Å². The Labute approximate surface area is 177 Å². The molecule has 3 aromatic rings. The lowest BCUT2D eigenvalue weighted by atomic mass is 9.68. The molecule has 1 fully saturated rings. The molecule has 0 spiro atoms. The van der Waals surface area contributed by atoms with E-state index in [0.29, 0.717) is 12.5 Å². The molecule has 150 valence electrons. The maximum Gasteiger partial charge on any atom is 0.135 e. The normalized spacial score (nSPS) is 17.4. The van der Waals surface area contributed by atoms with E-state index in [1.807, 2.05) is 0 Å². The highest BCUT2D eigenvalue weighted by Gasteiger charge is 2.38. The second-order valence-corrected chi connectivity index (χ2v) is 8.01. The molecule has 4 heteroatoms. The Balaban J connectivity index is 1.57. The smallest absolute Gasteiger partial charge is 0.135 e. The Hall–Kier alpha value is -3.40. The summed E-state index contributed by atoms with van der Waals surface area (Å²) in [7, 11) is 0. The van der Waals surface area contributed by atoms with E-state index in [0.717, 1.165) is 41.9 Å². The predicted molar refractivity (Wildman–Crippen MR) is 120 cm³/mol. The van der Waals surface area contributed by atoms with Crippen LogP contribution in [0.25, 0.3) is 6.08 Å². The Morgan fingerprint density at radius 1 is 1.10 bits per heavy atom.